The Bertz CT molecular complexity index is 996. The van der Waals surface area contributed by atoms with E-state index in [0.717, 1.165) is 22.6 Å². The second-order valence-electron chi connectivity index (χ2n) is 7.26. The highest BCUT2D eigenvalue weighted by molar-refractivity contribution is 5.99. The molecule has 0 saturated carbocycles. The van der Waals surface area contributed by atoms with E-state index in [1.165, 1.54) is 0 Å². The molecule has 7 nitrogen and oxygen atoms in total. The second kappa shape index (κ2) is 9.73. The predicted octanol–water partition coefficient (Wildman–Crippen LogP) is 4.41. The van der Waals surface area contributed by atoms with Crippen molar-refractivity contribution in [3.8, 4) is 0 Å². The van der Waals surface area contributed by atoms with Gasteiger partial charge in [-0.3, -0.25) is 9.48 Å². The summed E-state index contributed by atoms with van der Waals surface area (Å²) in [6.45, 7) is 6.41. The first-order valence-corrected chi connectivity index (χ1v) is 9.94. The summed E-state index contributed by atoms with van der Waals surface area (Å²) in [4.78, 5) is 24.4. The zero-order chi connectivity index (χ0) is 21.5. The lowest BCUT2D eigenvalue weighted by atomic mass is 10.1. The molecule has 1 atom stereocenters. The van der Waals surface area contributed by atoms with E-state index in [1.807, 2.05) is 86.1 Å². The average molecular weight is 406 g/mol. The van der Waals surface area contributed by atoms with Crippen molar-refractivity contribution >= 4 is 23.3 Å². The van der Waals surface area contributed by atoms with Crippen LogP contribution in [0.5, 0.6) is 0 Å². The number of nitrogens with one attached hydrogen (secondary N) is 3. The van der Waals surface area contributed by atoms with Gasteiger partial charge in [0, 0.05) is 30.0 Å². The largest absolute Gasteiger partial charge is 0.350 e. The molecule has 1 unspecified atom stereocenters. The number of anilines is 2. The van der Waals surface area contributed by atoms with E-state index in [-0.39, 0.29) is 18.0 Å². The summed E-state index contributed by atoms with van der Waals surface area (Å²) < 4.78 is 1.85. The molecule has 7 heteroatoms. The van der Waals surface area contributed by atoms with Gasteiger partial charge in [-0.1, -0.05) is 30.3 Å². The van der Waals surface area contributed by atoms with Gasteiger partial charge in [0.2, 0.25) is 5.91 Å². The highest BCUT2D eigenvalue weighted by Crippen LogP contribution is 2.17. The van der Waals surface area contributed by atoms with E-state index in [2.05, 4.69) is 21.0 Å². The maximum absolute atomic E-state index is 12.3. The van der Waals surface area contributed by atoms with Crippen molar-refractivity contribution in [2.24, 2.45) is 0 Å². The maximum Gasteiger partial charge on any atom is 0.323 e. The van der Waals surface area contributed by atoms with Crippen LogP contribution >= 0.6 is 0 Å². The quantitative estimate of drug-likeness (QED) is 0.544. The molecule has 3 aromatic rings. The fraction of sp³-hybridized carbons (Fsp3) is 0.261. The highest BCUT2D eigenvalue weighted by atomic mass is 16.2. The second-order valence-corrected chi connectivity index (χ2v) is 7.26. The summed E-state index contributed by atoms with van der Waals surface area (Å²) in [5, 5.41) is 13.0. The molecule has 0 aliphatic heterocycles. The van der Waals surface area contributed by atoms with Crippen LogP contribution in [0.15, 0.2) is 60.7 Å². The van der Waals surface area contributed by atoms with E-state index in [1.54, 1.807) is 0 Å². The normalized spacial score (nSPS) is 11.6. The first-order valence-electron chi connectivity index (χ1n) is 9.94. The van der Waals surface area contributed by atoms with Gasteiger partial charge >= 0.3 is 6.03 Å². The van der Waals surface area contributed by atoms with E-state index >= 15 is 0 Å². The Hall–Kier alpha value is -3.61. The lowest BCUT2D eigenvalue weighted by Gasteiger charge is -2.15. The standard InChI is InChI=1S/C23H27N5O2/c1-16-15-17(2)28(27-16)14-13-22(29)24-18(3)19-9-11-21(12-10-19)26-23(30)25-20-7-5-4-6-8-20/h4-12,15,18H,13-14H2,1-3H3,(H,24,29)(H2,25,26,30). The molecule has 0 aliphatic carbocycles. The van der Waals surface area contributed by atoms with E-state index in [4.69, 9.17) is 0 Å². The zero-order valence-electron chi connectivity index (χ0n) is 17.5. The fourth-order valence-electron chi connectivity index (χ4n) is 3.18. The first kappa shape index (κ1) is 21.1. The van der Waals surface area contributed by atoms with Crippen molar-refractivity contribution in [1.82, 2.24) is 15.1 Å². The van der Waals surface area contributed by atoms with E-state index in [9.17, 15) is 9.59 Å². The molecule has 0 spiro atoms. The predicted molar refractivity (Wildman–Crippen MR) is 118 cm³/mol. The average Bonchev–Trinajstić information content (AvgIpc) is 3.04. The summed E-state index contributed by atoms with van der Waals surface area (Å²) in [7, 11) is 0. The summed E-state index contributed by atoms with van der Waals surface area (Å²) in [6, 6.07) is 18.2. The van der Waals surface area contributed by atoms with Gasteiger partial charge in [-0.05, 0) is 56.7 Å². The number of carbonyl (C=O) groups is 2. The Kier molecular flexibility index (Phi) is 6.85. The minimum atomic E-state index is -0.306. The van der Waals surface area contributed by atoms with Crippen LogP contribution < -0.4 is 16.0 Å². The number of amides is 3. The van der Waals surface area contributed by atoms with Crippen molar-refractivity contribution in [3.05, 3.63) is 77.6 Å². The van der Waals surface area contributed by atoms with Gasteiger partial charge < -0.3 is 16.0 Å². The van der Waals surface area contributed by atoms with Gasteiger partial charge in [-0.15, -0.1) is 0 Å². The summed E-state index contributed by atoms with van der Waals surface area (Å²) in [5.74, 6) is -0.0282. The third kappa shape index (κ3) is 5.94. The third-order valence-corrected chi connectivity index (χ3v) is 4.73. The van der Waals surface area contributed by atoms with Gasteiger partial charge in [-0.25, -0.2) is 4.79 Å². The molecule has 2 aromatic carbocycles. The number of aryl methyl sites for hydroxylation is 3. The summed E-state index contributed by atoms with van der Waals surface area (Å²) in [5.41, 5.74) is 4.36. The molecule has 0 radical (unpaired) electrons. The molecule has 3 N–H and O–H groups in total. The minimum Gasteiger partial charge on any atom is -0.350 e. The van der Waals surface area contributed by atoms with Crippen molar-refractivity contribution < 1.29 is 9.59 Å². The Labute approximate surface area is 176 Å². The highest BCUT2D eigenvalue weighted by Gasteiger charge is 2.11. The van der Waals surface area contributed by atoms with Crippen molar-refractivity contribution in [1.29, 1.82) is 0 Å². The number of benzene rings is 2. The molecule has 30 heavy (non-hydrogen) atoms. The Balaban J connectivity index is 1.48. The van der Waals surface area contributed by atoms with Crippen molar-refractivity contribution in [2.45, 2.75) is 39.8 Å². The number of rotatable bonds is 7. The maximum atomic E-state index is 12.3. The summed E-state index contributed by atoms with van der Waals surface area (Å²) in [6.07, 6.45) is 0.367. The summed E-state index contributed by atoms with van der Waals surface area (Å²) >= 11 is 0. The number of hydrogen-bond acceptors (Lipinski definition) is 3. The number of nitrogens with zero attached hydrogens (tertiary/aromatic N) is 2. The fourth-order valence-corrected chi connectivity index (χ4v) is 3.18. The van der Waals surface area contributed by atoms with E-state index in [0.29, 0.717) is 18.7 Å². The van der Waals surface area contributed by atoms with Crippen LogP contribution in [0.3, 0.4) is 0 Å². The van der Waals surface area contributed by atoms with Gasteiger partial charge in [0.15, 0.2) is 0 Å². The van der Waals surface area contributed by atoms with Crippen LogP contribution in [0.1, 0.15) is 36.3 Å². The van der Waals surface area contributed by atoms with Crippen LogP contribution in [-0.2, 0) is 11.3 Å². The third-order valence-electron chi connectivity index (χ3n) is 4.73. The van der Waals surface area contributed by atoms with Gasteiger partial charge in [0.25, 0.3) is 0 Å². The zero-order valence-corrected chi connectivity index (χ0v) is 17.5. The molecule has 1 aromatic heterocycles. The molecular weight excluding hydrogens is 378 g/mol. The molecule has 0 aliphatic rings. The van der Waals surface area contributed by atoms with Crippen LogP contribution in [0.4, 0.5) is 16.2 Å². The molecule has 0 saturated heterocycles. The number of hydrogen-bond donors (Lipinski definition) is 3. The Morgan fingerprint density at radius 3 is 2.20 bits per heavy atom. The molecule has 3 rings (SSSR count). The lowest BCUT2D eigenvalue weighted by Crippen LogP contribution is -2.27. The molecule has 0 bridgehead atoms. The number of aromatic nitrogens is 2. The minimum absolute atomic E-state index is 0.0282. The molecule has 3 amide bonds. The Morgan fingerprint density at radius 1 is 0.967 bits per heavy atom. The van der Waals surface area contributed by atoms with E-state index < -0.39 is 0 Å². The topological polar surface area (TPSA) is 88.0 Å². The van der Waals surface area contributed by atoms with Crippen LogP contribution in [-0.4, -0.2) is 21.7 Å². The van der Waals surface area contributed by atoms with Gasteiger partial charge in [-0.2, -0.15) is 5.10 Å². The number of urea groups is 1. The molecular formula is C23H27N5O2. The van der Waals surface area contributed by atoms with Crippen molar-refractivity contribution in [2.75, 3.05) is 10.6 Å². The Morgan fingerprint density at radius 2 is 1.60 bits per heavy atom. The number of carbonyl (C=O) groups excluding carboxylic acids is 2. The SMILES string of the molecule is Cc1cc(C)n(CCC(=O)NC(C)c2ccc(NC(=O)Nc3ccccc3)cc2)n1. The van der Waals surface area contributed by atoms with Crippen molar-refractivity contribution in [3.63, 3.8) is 0 Å². The molecule has 0 fully saturated rings. The monoisotopic (exact) mass is 405 g/mol. The lowest BCUT2D eigenvalue weighted by molar-refractivity contribution is -0.122. The van der Waals surface area contributed by atoms with Crippen LogP contribution in [0, 0.1) is 13.8 Å². The van der Waals surface area contributed by atoms with Gasteiger partial charge in [0.1, 0.15) is 0 Å². The molecule has 156 valence electrons. The smallest absolute Gasteiger partial charge is 0.323 e. The van der Waals surface area contributed by atoms with Crippen LogP contribution in [0.2, 0.25) is 0 Å². The number of para-hydroxylation sites is 1. The molecule has 1 heterocycles. The first-order chi connectivity index (χ1) is 14.4. The van der Waals surface area contributed by atoms with Crippen LogP contribution in [0.25, 0.3) is 0 Å². The van der Waals surface area contributed by atoms with Gasteiger partial charge in [0.05, 0.1) is 11.7 Å².